The number of likely N-dealkylation sites (N-methyl/N-ethyl adjacent to an activating group) is 1. The van der Waals surface area contributed by atoms with Gasteiger partial charge in [0, 0.05) is 56.8 Å². The monoisotopic (exact) mass is 650 g/mol. The second kappa shape index (κ2) is 19.5. The Hall–Kier alpha value is -2.25. The normalized spacial score (nSPS) is 28.6. The van der Waals surface area contributed by atoms with Crippen molar-refractivity contribution in [2.75, 3.05) is 26.2 Å². The first kappa shape index (κ1) is 38.2. The lowest BCUT2D eigenvalue weighted by Gasteiger charge is -2.37. The maximum Gasteiger partial charge on any atom is 0.234 e. The third kappa shape index (κ3) is 12.1. The lowest BCUT2D eigenvalue weighted by molar-refractivity contribution is -0.139. The van der Waals surface area contributed by atoms with Crippen molar-refractivity contribution in [3.63, 3.8) is 0 Å². The van der Waals surface area contributed by atoms with Crippen molar-refractivity contribution >= 4 is 17.7 Å². The molecule has 0 heterocycles. The average Bonchev–Trinajstić information content (AvgIpc) is 3.03. The number of terminal acetylenes is 1. The Labute approximate surface area is 276 Å². The Morgan fingerprint density at radius 1 is 0.891 bits per heavy atom. The number of nitrogens with one attached hydrogen (secondary N) is 2. The molecule has 3 amide bonds. The summed E-state index contributed by atoms with van der Waals surface area (Å²) in [5.74, 6) is 1.35. The molecule has 8 nitrogen and oxygen atoms in total. The number of rotatable bonds is 16. The molecule has 0 aliphatic heterocycles. The van der Waals surface area contributed by atoms with Gasteiger partial charge in [-0.05, 0) is 76.0 Å². The van der Waals surface area contributed by atoms with E-state index in [-0.39, 0.29) is 67.7 Å². The van der Waals surface area contributed by atoms with Gasteiger partial charge in [0.1, 0.15) is 12.3 Å². The topological polar surface area (TPSA) is 102 Å². The maximum atomic E-state index is 14.4. The van der Waals surface area contributed by atoms with E-state index in [0.29, 0.717) is 51.2 Å². The highest BCUT2D eigenvalue weighted by atomic mass is 19.1. The van der Waals surface area contributed by atoms with Gasteiger partial charge in [-0.1, -0.05) is 40.0 Å². The first-order valence-electron chi connectivity index (χ1n) is 18.1. The number of hydrogen-bond donors (Lipinski definition) is 3. The molecule has 0 saturated heterocycles. The summed E-state index contributed by atoms with van der Waals surface area (Å²) >= 11 is 0. The first-order valence-corrected chi connectivity index (χ1v) is 18.1. The SMILES string of the molecule is C#CC1CC(C(=O)NC(CC2CC(F)CC(F)C2)C(O)CN(CC)NC(=O)CC2CCCCC2)CC(C(=O)N(CCC)CCC)C1. The highest BCUT2D eigenvalue weighted by molar-refractivity contribution is 5.83. The van der Waals surface area contributed by atoms with Crippen LogP contribution in [0.1, 0.15) is 117 Å². The Balaban J connectivity index is 1.71. The minimum absolute atomic E-state index is 0.0331. The molecule has 46 heavy (non-hydrogen) atoms. The predicted octanol–water partition coefficient (Wildman–Crippen LogP) is 5.34. The van der Waals surface area contributed by atoms with Gasteiger partial charge >= 0.3 is 0 Å². The molecule has 3 fully saturated rings. The van der Waals surface area contributed by atoms with Crippen LogP contribution in [0.3, 0.4) is 0 Å². The summed E-state index contributed by atoms with van der Waals surface area (Å²) < 4.78 is 28.7. The molecular weight excluding hydrogens is 590 g/mol. The Morgan fingerprint density at radius 2 is 1.52 bits per heavy atom. The standard InChI is InChI=1S/C36H60F2N4O4/c1-5-14-41(15-6-2)36(46)29-17-25(7-3)16-28(22-29)35(45)39-32(20-27-18-30(37)23-31(38)19-27)33(43)24-42(8-4)40-34(44)21-26-12-10-9-11-13-26/h3,25-33,43H,5-6,8-24H2,1-2,4H3,(H,39,45)(H,40,44). The zero-order valence-electron chi connectivity index (χ0n) is 28.5. The van der Waals surface area contributed by atoms with Gasteiger partial charge in [-0.3, -0.25) is 19.8 Å². The van der Waals surface area contributed by atoms with Gasteiger partial charge in [0.05, 0.1) is 12.1 Å². The Morgan fingerprint density at radius 3 is 2.11 bits per heavy atom. The summed E-state index contributed by atoms with van der Waals surface area (Å²) in [5.41, 5.74) is 2.93. The van der Waals surface area contributed by atoms with Crippen LogP contribution in [0.25, 0.3) is 0 Å². The summed E-state index contributed by atoms with van der Waals surface area (Å²) in [6, 6.07) is -0.781. The van der Waals surface area contributed by atoms with Gasteiger partial charge in [-0.2, -0.15) is 0 Å². The van der Waals surface area contributed by atoms with Gasteiger partial charge in [-0.15, -0.1) is 12.3 Å². The summed E-state index contributed by atoms with van der Waals surface area (Å²) in [4.78, 5) is 42.1. The predicted molar refractivity (Wildman–Crippen MR) is 177 cm³/mol. The number of halogens is 2. The van der Waals surface area contributed by atoms with Crippen LogP contribution < -0.4 is 10.7 Å². The zero-order valence-corrected chi connectivity index (χ0v) is 28.5. The van der Waals surface area contributed by atoms with E-state index < -0.39 is 30.4 Å². The van der Waals surface area contributed by atoms with E-state index in [2.05, 4.69) is 16.7 Å². The quantitative estimate of drug-likeness (QED) is 0.155. The molecule has 3 rings (SSSR count). The zero-order chi connectivity index (χ0) is 33.6. The summed E-state index contributed by atoms with van der Waals surface area (Å²) in [5, 5.41) is 16.2. The Bertz CT molecular complexity index is 987. The maximum absolute atomic E-state index is 14.4. The van der Waals surface area contributed by atoms with Crippen molar-refractivity contribution in [2.24, 2.45) is 29.6 Å². The van der Waals surface area contributed by atoms with Crippen molar-refractivity contribution in [3.05, 3.63) is 0 Å². The van der Waals surface area contributed by atoms with Crippen LogP contribution in [-0.4, -0.2) is 83.4 Å². The van der Waals surface area contributed by atoms with E-state index in [4.69, 9.17) is 6.42 Å². The fraction of sp³-hybridized carbons (Fsp3) is 0.861. The van der Waals surface area contributed by atoms with E-state index in [1.54, 1.807) is 5.01 Å². The number of aliphatic hydroxyl groups is 1. The van der Waals surface area contributed by atoms with Crippen LogP contribution in [0.15, 0.2) is 0 Å². The molecule has 262 valence electrons. The molecule has 3 aliphatic carbocycles. The van der Waals surface area contributed by atoms with Crippen LogP contribution in [0.2, 0.25) is 0 Å². The van der Waals surface area contributed by atoms with E-state index in [9.17, 15) is 28.3 Å². The van der Waals surface area contributed by atoms with Gasteiger partial charge in [0.2, 0.25) is 17.7 Å². The van der Waals surface area contributed by atoms with Crippen LogP contribution in [0.5, 0.6) is 0 Å². The third-order valence-electron chi connectivity index (χ3n) is 10.3. The van der Waals surface area contributed by atoms with E-state index >= 15 is 0 Å². The van der Waals surface area contributed by atoms with Crippen molar-refractivity contribution in [2.45, 2.75) is 142 Å². The first-order chi connectivity index (χ1) is 22.1. The lowest BCUT2D eigenvalue weighted by Crippen LogP contribution is -2.54. The molecule has 0 bridgehead atoms. The average molecular weight is 651 g/mol. The number of carbonyl (C=O) groups excluding carboxylic acids is 3. The molecular formula is C36H60F2N4O4. The number of hydrogen-bond acceptors (Lipinski definition) is 5. The van der Waals surface area contributed by atoms with E-state index in [1.165, 1.54) is 6.42 Å². The molecule has 0 aromatic heterocycles. The van der Waals surface area contributed by atoms with Crippen LogP contribution in [-0.2, 0) is 14.4 Å². The molecule has 3 saturated carbocycles. The number of amides is 3. The minimum Gasteiger partial charge on any atom is -0.390 e. The molecule has 3 N–H and O–H groups in total. The van der Waals surface area contributed by atoms with Crippen molar-refractivity contribution in [1.29, 1.82) is 0 Å². The van der Waals surface area contributed by atoms with E-state index in [1.807, 2.05) is 25.7 Å². The lowest BCUT2D eigenvalue weighted by atomic mass is 9.74. The van der Waals surface area contributed by atoms with E-state index in [0.717, 1.165) is 38.5 Å². The van der Waals surface area contributed by atoms with Gasteiger partial charge in [0.25, 0.3) is 0 Å². The van der Waals surface area contributed by atoms with Gasteiger partial charge in [0.15, 0.2) is 0 Å². The van der Waals surface area contributed by atoms with Gasteiger partial charge in [-0.25, -0.2) is 13.8 Å². The molecule has 0 aromatic carbocycles. The smallest absolute Gasteiger partial charge is 0.234 e. The molecule has 7 unspecified atom stereocenters. The molecule has 0 aromatic rings. The van der Waals surface area contributed by atoms with Crippen LogP contribution in [0.4, 0.5) is 8.78 Å². The van der Waals surface area contributed by atoms with Crippen LogP contribution in [0, 0.1) is 41.9 Å². The van der Waals surface area contributed by atoms with Crippen molar-refractivity contribution in [1.82, 2.24) is 20.7 Å². The minimum atomic E-state index is -1.26. The molecule has 0 spiro atoms. The molecule has 10 heteroatoms. The number of nitrogens with zero attached hydrogens (tertiary/aromatic N) is 2. The Kier molecular flexibility index (Phi) is 16.2. The summed E-state index contributed by atoms with van der Waals surface area (Å²) in [6.45, 7) is 7.77. The van der Waals surface area contributed by atoms with Crippen molar-refractivity contribution in [3.8, 4) is 12.3 Å². The fourth-order valence-corrected chi connectivity index (χ4v) is 7.94. The second-order valence-electron chi connectivity index (χ2n) is 14.3. The number of alkyl halides is 2. The number of carbonyl (C=O) groups is 3. The molecule has 0 radical (unpaired) electrons. The number of aliphatic hydroxyl groups excluding tert-OH is 1. The summed E-state index contributed by atoms with van der Waals surface area (Å²) in [6.07, 6.45) is 11.8. The highest BCUT2D eigenvalue weighted by Crippen LogP contribution is 2.36. The van der Waals surface area contributed by atoms with Crippen LogP contribution >= 0.6 is 0 Å². The molecule has 7 atom stereocenters. The largest absolute Gasteiger partial charge is 0.390 e. The highest BCUT2D eigenvalue weighted by Gasteiger charge is 2.39. The molecule has 3 aliphatic rings. The van der Waals surface area contributed by atoms with Gasteiger partial charge < -0.3 is 15.3 Å². The number of hydrazine groups is 1. The van der Waals surface area contributed by atoms with Crippen molar-refractivity contribution < 1.29 is 28.3 Å². The fourth-order valence-electron chi connectivity index (χ4n) is 7.94. The third-order valence-corrected chi connectivity index (χ3v) is 10.3. The summed E-state index contributed by atoms with van der Waals surface area (Å²) in [7, 11) is 0. The second-order valence-corrected chi connectivity index (χ2v) is 14.3.